The molecule has 1 atom stereocenters. The van der Waals surface area contributed by atoms with Crippen LogP contribution < -0.4 is 11.1 Å². The number of anilines is 1. The third-order valence-electron chi connectivity index (χ3n) is 3.01. The van der Waals surface area contributed by atoms with Crippen LogP contribution in [0.3, 0.4) is 0 Å². The second kappa shape index (κ2) is 6.83. The number of carbonyl (C=O) groups is 1. The van der Waals surface area contributed by atoms with Crippen molar-refractivity contribution in [1.82, 2.24) is 5.32 Å². The fourth-order valence-electron chi connectivity index (χ4n) is 2.08. The average Bonchev–Trinajstić information content (AvgIpc) is 2.40. The molecule has 110 valence electrons. The first kappa shape index (κ1) is 15.7. The van der Waals surface area contributed by atoms with Gasteiger partial charge in [-0.3, -0.25) is 4.79 Å². The smallest absolute Gasteiger partial charge is 0.251 e. The van der Waals surface area contributed by atoms with E-state index in [1.807, 2.05) is 31.2 Å². The first-order valence-corrected chi connectivity index (χ1v) is 7.31. The van der Waals surface area contributed by atoms with Gasteiger partial charge in [0, 0.05) is 27.3 Å². The maximum atomic E-state index is 12.2. The fourth-order valence-corrected chi connectivity index (χ4v) is 2.45. The SMILES string of the molecule is CC(Cc1ccc(Cl)cc1)NC(=O)c1cc(N)cc(Cl)c1. The normalized spacial score (nSPS) is 12.0. The molecule has 1 unspecified atom stereocenters. The third kappa shape index (κ3) is 4.66. The van der Waals surface area contributed by atoms with Gasteiger partial charge in [-0.1, -0.05) is 35.3 Å². The van der Waals surface area contributed by atoms with Crippen molar-refractivity contribution in [2.45, 2.75) is 19.4 Å². The van der Waals surface area contributed by atoms with E-state index in [1.165, 1.54) is 0 Å². The number of nitrogen functional groups attached to an aromatic ring is 1. The molecule has 0 aliphatic carbocycles. The van der Waals surface area contributed by atoms with E-state index in [9.17, 15) is 4.79 Å². The Morgan fingerprint density at radius 2 is 1.81 bits per heavy atom. The maximum absolute atomic E-state index is 12.2. The lowest BCUT2D eigenvalue weighted by Crippen LogP contribution is -2.34. The van der Waals surface area contributed by atoms with Gasteiger partial charge < -0.3 is 11.1 Å². The van der Waals surface area contributed by atoms with Gasteiger partial charge in [0.05, 0.1) is 0 Å². The summed E-state index contributed by atoms with van der Waals surface area (Å²) in [4.78, 5) is 12.2. The summed E-state index contributed by atoms with van der Waals surface area (Å²) in [7, 11) is 0. The zero-order valence-electron chi connectivity index (χ0n) is 11.6. The van der Waals surface area contributed by atoms with Crippen molar-refractivity contribution >= 4 is 34.8 Å². The van der Waals surface area contributed by atoms with Crippen LogP contribution in [0.25, 0.3) is 0 Å². The van der Waals surface area contributed by atoms with Crippen LogP contribution in [-0.2, 0) is 6.42 Å². The first-order valence-electron chi connectivity index (χ1n) is 6.55. The quantitative estimate of drug-likeness (QED) is 0.838. The van der Waals surface area contributed by atoms with E-state index in [-0.39, 0.29) is 11.9 Å². The molecule has 0 spiro atoms. The Morgan fingerprint density at radius 3 is 2.43 bits per heavy atom. The van der Waals surface area contributed by atoms with Gasteiger partial charge in [-0.2, -0.15) is 0 Å². The zero-order chi connectivity index (χ0) is 15.4. The van der Waals surface area contributed by atoms with Crippen LogP contribution >= 0.6 is 23.2 Å². The van der Waals surface area contributed by atoms with Crippen LogP contribution in [0.1, 0.15) is 22.8 Å². The van der Waals surface area contributed by atoms with Crippen molar-refractivity contribution in [3.63, 3.8) is 0 Å². The van der Waals surface area contributed by atoms with Gasteiger partial charge in [-0.05, 0) is 49.2 Å². The Labute approximate surface area is 134 Å². The molecule has 0 aromatic heterocycles. The largest absolute Gasteiger partial charge is 0.399 e. The molecular weight excluding hydrogens is 307 g/mol. The van der Waals surface area contributed by atoms with Gasteiger partial charge in [-0.15, -0.1) is 0 Å². The van der Waals surface area contributed by atoms with Gasteiger partial charge in [0.1, 0.15) is 0 Å². The van der Waals surface area contributed by atoms with Crippen molar-refractivity contribution in [2.24, 2.45) is 0 Å². The van der Waals surface area contributed by atoms with E-state index in [0.717, 1.165) is 12.0 Å². The fraction of sp³-hybridized carbons (Fsp3) is 0.188. The molecule has 0 fully saturated rings. The first-order chi connectivity index (χ1) is 9.94. The lowest BCUT2D eigenvalue weighted by molar-refractivity contribution is 0.0940. The van der Waals surface area contributed by atoms with Crippen molar-refractivity contribution in [1.29, 1.82) is 0 Å². The lowest BCUT2D eigenvalue weighted by atomic mass is 10.1. The van der Waals surface area contributed by atoms with Crippen LogP contribution in [0.2, 0.25) is 10.0 Å². The molecule has 21 heavy (non-hydrogen) atoms. The molecular formula is C16H16Cl2N2O. The van der Waals surface area contributed by atoms with Crippen LogP contribution in [0, 0.1) is 0 Å². The number of hydrogen-bond acceptors (Lipinski definition) is 2. The topological polar surface area (TPSA) is 55.1 Å². The van der Waals surface area contributed by atoms with Gasteiger partial charge >= 0.3 is 0 Å². The minimum Gasteiger partial charge on any atom is -0.399 e. The number of amides is 1. The number of nitrogens with two attached hydrogens (primary N) is 1. The molecule has 0 saturated heterocycles. The Hall–Kier alpha value is -1.71. The van der Waals surface area contributed by atoms with Gasteiger partial charge in [0.25, 0.3) is 5.91 Å². The molecule has 0 radical (unpaired) electrons. The molecule has 0 heterocycles. The maximum Gasteiger partial charge on any atom is 0.251 e. The molecule has 2 aromatic carbocycles. The van der Waals surface area contributed by atoms with Crippen molar-refractivity contribution in [2.75, 3.05) is 5.73 Å². The van der Waals surface area contributed by atoms with E-state index in [2.05, 4.69) is 5.32 Å². The third-order valence-corrected chi connectivity index (χ3v) is 3.49. The number of halogens is 2. The summed E-state index contributed by atoms with van der Waals surface area (Å²) in [6.45, 7) is 1.94. The van der Waals surface area contributed by atoms with E-state index >= 15 is 0 Å². The van der Waals surface area contributed by atoms with Gasteiger partial charge in [-0.25, -0.2) is 0 Å². The minimum absolute atomic E-state index is 0.0149. The summed E-state index contributed by atoms with van der Waals surface area (Å²) < 4.78 is 0. The minimum atomic E-state index is -0.189. The van der Waals surface area contributed by atoms with Crippen LogP contribution in [-0.4, -0.2) is 11.9 Å². The van der Waals surface area contributed by atoms with Gasteiger partial charge in [0.2, 0.25) is 0 Å². The number of nitrogens with one attached hydrogen (secondary N) is 1. The van der Waals surface area contributed by atoms with E-state index in [0.29, 0.717) is 21.3 Å². The van der Waals surface area contributed by atoms with Gasteiger partial charge in [0.15, 0.2) is 0 Å². The van der Waals surface area contributed by atoms with Crippen molar-refractivity contribution in [3.05, 3.63) is 63.6 Å². The van der Waals surface area contributed by atoms with Crippen molar-refractivity contribution in [3.8, 4) is 0 Å². The predicted molar refractivity (Wildman–Crippen MR) is 87.9 cm³/mol. The summed E-state index contributed by atoms with van der Waals surface area (Å²) in [6.07, 6.45) is 0.721. The average molecular weight is 323 g/mol. The summed E-state index contributed by atoms with van der Waals surface area (Å²) in [5, 5.41) is 4.08. The molecule has 2 aromatic rings. The monoisotopic (exact) mass is 322 g/mol. The number of carbonyl (C=O) groups excluding carboxylic acids is 1. The van der Waals surface area contributed by atoms with Crippen LogP contribution in [0.15, 0.2) is 42.5 Å². The number of benzene rings is 2. The summed E-state index contributed by atoms with van der Waals surface area (Å²) >= 11 is 11.8. The molecule has 0 aliphatic rings. The highest BCUT2D eigenvalue weighted by atomic mass is 35.5. The highest BCUT2D eigenvalue weighted by molar-refractivity contribution is 6.31. The predicted octanol–water partition coefficient (Wildman–Crippen LogP) is 3.94. The van der Waals surface area contributed by atoms with E-state index in [4.69, 9.17) is 28.9 Å². The molecule has 3 nitrogen and oxygen atoms in total. The Bertz CT molecular complexity index is 621. The molecule has 5 heteroatoms. The lowest BCUT2D eigenvalue weighted by Gasteiger charge is -2.14. The summed E-state index contributed by atoms with van der Waals surface area (Å²) in [6, 6.07) is 12.4. The number of hydrogen-bond donors (Lipinski definition) is 2. The Kier molecular flexibility index (Phi) is 5.10. The highest BCUT2D eigenvalue weighted by Crippen LogP contribution is 2.17. The second-order valence-corrected chi connectivity index (χ2v) is 5.85. The Balaban J connectivity index is 2.00. The van der Waals surface area contributed by atoms with Crippen LogP contribution in [0.4, 0.5) is 5.69 Å². The van der Waals surface area contributed by atoms with Crippen LogP contribution in [0.5, 0.6) is 0 Å². The molecule has 3 N–H and O–H groups in total. The zero-order valence-corrected chi connectivity index (χ0v) is 13.1. The summed E-state index contributed by atoms with van der Waals surface area (Å²) in [5.41, 5.74) is 7.73. The molecule has 0 aliphatic heterocycles. The standard InChI is InChI=1S/C16H16Cl2N2O/c1-10(6-11-2-4-13(17)5-3-11)20-16(21)12-7-14(18)9-15(19)8-12/h2-5,7-10H,6,19H2,1H3,(H,20,21). The molecule has 0 bridgehead atoms. The summed E-state index contributed by atoms with van der Waals surface area (Å²) in [5.74, 6) is -0.189. The second-order valence-electron chi connectivity index (χ2n) is 4.98. The van der Waals surface area contributed by atoms with E-state index in [1.54, 1.807) is 18.2 Å². The number of rotatable bonds is 4. The molecule has 0 saturated carbocycles. The molecule has 1 amide bonds. The molecule has 2 rings (SSSR count). The highest BCUT2D eigenvalue weighted by Gasteiger charge is 2.11. The van der Waals surface area contributed by atoms with E-state index < -0.39 is 0 Å². The van der Waals surface area contributed by atoms with Crippen molar-refractivity contribution < 1.29 is 4.79 Å². The Morgan fingerprint density at radius 1 is 1.14 bits per heavy atom.